The van der Waals surface area contributed by atoms with Crippen LogP contribution in [-0.4, -0.2) is 35.5 Å². The number of carbonyl (C=O) groups is 2. The maximum absolute atomic E-state index is 12.8. The molecule has 1 atom stereocenters. The molecule has 0 radical (unpaired) electrons. The van der Waals surface area contributed by atoms with E-state index in [1.54, 1.807) is 54.5 Å². The Morgan fingerprint density at radius 2 is 1.89 bits per heavy atom. The number of benzene rings is 2. The van der Waals surface area contributed by atoms with Crippen LogP contribution in [-0.2, 0) is 4.74 Å². The highest BCUT2D eigenvalue weighted by atomic mass is 32.1. The molecule has 1 aromatic heterocycles. The van der Waals surface area contributed by atoms with Gasteiger partial charge in [-0.05, 0) is 50.2 Å². The minimum atomic E-state index is -0.516. The molecule has 3 aromatic rings. The molecular formula is C20H21N3O3S. The van der Waals surface area contributed by atoms with Crippen LogP contribution in [0.3, 0.4) is 0 Å². The van der Waals surface area contributed by atoms with Crippen molar-refractivity contribution in [3.63, 3.8) is 0 Å². The predicted octanol–water partition coefficient (Wildman–Crippen LogP) is 4.70. The number of para-hydroxylation sites is 1. The molecule has 1 N–H and O–H groups in total. The molecule has 0 unspecified atom stereocenters. The number of fused-ring (bicyclic) bond motifs is 1. The first-order valence-corrected chi connectivity index (χ1v) is 9.47. The van der Waals surface area contributed by atoms with Gasteiger partial charge >= 0.3 is 6.09 Å². The van der Waals surface area contributed by atoms with Crippen LogP contribution in [0.15, 0.2) is 48.5 Å². The number of nitrogens with zero attached hydrogens (tertiary/aromatic N) is 2. The molecule has 0 saturated carbocycles. The molecule has 0 aliphatic heterocycles. The molecule has 3 rings (SSSR count). The van der Waals surface area contributed by atoms with Gasteiger partial charge in [0.05, 0.1) is 22.9 Å². The van der Waals surface area contributed by atoms with Crippen molar-refractivity contribution < 1.29 is 14.3 Å². The summed E-state index contributed by atoms with van der Waals surface area (Å²) < 4.78 is 5.94. The van der Waals surface area contributed by atoms with Crippen LogP contribution in [0.5, 0.6) is 0 Å². The fourth-order valence-electron chi connectivity index (χ4n) is 2.60. The Bertz CT molecular complexity index is 920. The molecule has 7 heteroatoms. The summed E-state index contributed by atoms with van der Waals surface area (Å²) >= 11 is 1.59. The number of amides is 2. The highest BCUT2D eigenvalue weighted by Crippen LogP contribution is 2.29. The first-order chi connectivity index (χ1) is 13.0. The largest absolute Gasteiger partial charge is 0.450 e. The molecule has 2 aromatic carbocycles. The molecule has 1 heterocycles. The summed E-state index contributed by atoms with van der Waals surface area (Å²) in [5.41, 5.74) is 2.06. The van der Waals surface area contributed by atoms with Gasteiger partial charge in [0.25, 0.3) is 5.91 Å². The summed E-state index contributed by atoms with van der Waals surface area (Å²) in [6.45, 7) is 4.01. The van der Waals surface area contributed by atoms with Crippen LogP contribution in [0.25, 0.3) is 10.2 Å². The molecule has 0 saturated heterocycles. The van der Waals surface area contributed by atoms with Crippen LogP contribution in [0.4, 0.5) is 10.5 Å². The molecule has 2 amide bonds. The number of ether oxygens (including phenoxy) is 1. The number of anilines is 1. The highest BCUT2D eigenvalue weighted by Gasteiger charge is 2.21. The second-order valence-corrected chi connectivity index (χ2v) is 7.10. The Morgan fingerprint density at radius 1 is 1.19 bits per heavy atom. The van der Waals surface area contributed by atoms with Crippen molar-refractivity contribution in [2.75, 3.05) is 19.0 Å². The summed E-state index contributed by atoms with van der Waals surface area (Å²) in [4.78, 5) is 30.6. The highest BCUT2D eigenvalue weighted by molar-refractivity contribution is 7.18. The molecule has 0 aliphatic carbocycles. The third-order valence-electron chi connectivity index (χ3n) is 4.22. The summed E-state index contributed by atoms with van der Waals surface area (Å²) in [6, 6.07) is 14.5. The predicted molar refractivity (Wildman–Crippen MR) is 107 cm³/mol. The SMILES string of the molecule is CCOC(=O)Nc1ccc(C(=O)N(C)[C@@H](C)c2nc3ccccc3s2)cc1. The Balaban J connectivity index is 1.71. The van der Waals surface area contributed by atoms with Crippen molar-refractivity contribution in [1.29, 1.82) is 0 Å². The lowest BCUT2D eigenvalue weighted by Gasteiger charge is -2.23. The van der Waals surface area contributed by atoms with Gasteiger partial charge in [-0.25, -0.2) is 9.78 Å². The monoisotopic (exact) mass is 383 g/mol. The summed E-state index contributed by atoms with van der Waals surface area (Å²) in [5, 5.41) is 3.50. The van der Waals surface area contributed by atoms with E-state index in [0.29, 0.717) is 17.9 Å². The van der Waals surface area contributed by atoms with Gasteiger partial charge in [-0.15, -0.1) is 11.3 Å². The first-order valence-electron chi connectivity index (χ1n) is 8.66. The fourth-order valence-corrected chi connectivity index (χ4v) is 3.66. The zero-order valence-corrected chi connectivity index (χ0v) is 16.2. The van der Waals surface area contributed by atoms with Crippen LogP contribution >= 0.6 is 11.3 Å². The van der Waals surface area contributed by atoms with Crippen LogP contribution in [0, 0.1) is 0 Å². The third kappa shape index (κ3) is 4.25. The van der Waals surface area contributed by atoms with Gasteiger partial charge in [0, 0.05) is 18.3 Å². The van der Waals surface area contributed by atoms with Gasteiger partial charge in [0.15, 0.2) is 0 Å². The lowest BCUT2D eigenvalue weighted by atomic mass is 10.1. The van der Waals surface area contributed by atoms with E-state index in [-0.39, 0.29) is 11.9 Å². The number of aromatic nitrogens is 1. The lowest BCUT2D eigenvalue weighted by Crippen LogP contribution is -2.29. The number of nitrogens with one attached hydrogen (secondary N) is 1. The van der Waals surface area contributed by atoms with Crippen molar-refractivity contribution in [2.24, 2.45) is 0 Å². The van der Waals surface area contributed by atoms with Crippen molar-refractivity contribution in [1.82, 2.24) is 9.88 Å². The maximum Gasteiger partial charge on any atom is 0.411 e. The molecule has 140 valence electrons. The van der Waals surface area contributed by atoms with Gasteiger partial charge < -0.3 is 9.64 Å². The first kappa shape index (κ1) is 18.8. The van der Waals surface area contributed by atoms with Gasteiger partial charge in [0.2, 0.25) is 0 Å². The van der Waals surface area contributed by atoms with Gasteiger partial charge in [-0.1, -0.05) is 12.1 Å². The zero-order valence-electron chi connectivity index (χ0n) is 15.4. The average Bonchev–Trinajstić information content (AvgIpc) is 3.11. The molecule has 0 bridgehead atoms. The van der Waals surface area contributed by atoms with E-state index in [4.69, 9.17) is 4.74 Å². The number of hydrogen-bond donors (Lipinski definition) is 1. The summed E-state index contributed by atoms with van der Waals surface area (Å²) in [7, 11) is 1.77. The van der Waals surface area contributed by atoms with Gasteiger partial charge in [-0.2, -0.15) is 0 Å². The molecule has 0 aliphatic rings. The lowest BCUT2D eigenvalue weighted by molar-refractivity contribution is 0.0742. The van der Waals surface area contributed by atoms with Crippen LogP contribution < -0.4 is 5.32 Å². The number of carbonyl (C=O) groups excluding carboxylic acids is 2. The van der Waals surface area contributed by atoms with Crippen molar-refractivity contribution in [3.8, 4) is 0 Å². The second kappa shape index (κ2) is 8.18. The van der Waals surface area contributed by atoms with E-state index in [1.165, 1.54) is 0 Å². The molecular weight excluding hydrogens is 362 g/mol. The Morgan fingerprint density at radius 3 is 2.56 bits per heavy atom. The van der Waals surface area contributed by atoms with E-state index in [0.717, 1.165) is 15.2 Å². The van der Waals surface area contributed by atoms with Crippen LogP contribution in [0.2, 0.25) is 0 Å². The van der Waals surface area contributed by atoms with Crippen LogP contribution in [0.1, 0.15) is 35.3 Å². The van der Waals surface area contributed by atoms with E-state index >= 15 is 0 Å². The number of hydrogen-bond acceptors (Lipinski definition) is 5. The van der Waals surface area contributed by atoms with Gasteiger partial charge in [-0.3, -0.25) is 10.1 Å². The van der Waals surface area contributed by atoms with Gasteiger partial charge in [0.1, 0.15) is 5.01 Å². The van der Waals surface area contributed by atoms with E-state index in [9.17, 15) is 9.59 Å². The molecule has 27 heavy (non-hydrogen) atoms. The Labute approximate surface area is 161 Å². The van der Waals surface area contributed by atoms with Crippen molar-refractivity contribution in [3.05, 3.63) is 59.1 Å². The topological polar surface area (TPSA) is 71.5 Å². The van der Waals surface area contributed by atoms with Crippen molar-refractivity contribution in [2.45, 2.75) is 19.9 Å². The second-order valence-electron chi connectivity index (χ2n) is 6.03. The number of rotatable bonds is 5. The maximum atomic E-state index is 12.8. The summed E-state index contributed by atoms with van der Waals surface area (Å²) in [5.74, 6) is -0.107. The standard InChI is InChI=1S/C20H21N3O3S/c1-4-26-20(25)21-15-11-9-14(10-12-15)19(24)23(3)13(2)18-22-16-7-5-6-8-17(16)27-18/h5-13H,4H2,1-3H3,(H,21,25)/t13-/m0/s1. The quantitative estimate of drug-likeness (QED) is 0.693. The van der Waals surface area contributed by atoms with E-state index in [1.807, 2.05) is 31.2 Å². The molecule has 0 spiro atoms. The molecule has 0 fully saturated rings. The number of thiazole rings is 1. The minimum Gasteiger partial charge on any atom is -0.450 e. The minimum absolute atomic E-state index is 0.107. The Kier molecular flexibility index (Phi) is 5.71. The Hall–Kier alpha value is -2.93. The average molecular weight is 383 g/mol. The van der Waals surface area contributed by atoms with E-state index in [2.05, 4.69) is 10.3 Å². The normalized spacial score (nSPS) is 11.8. The third-order valence-corrected chi connectivity index (χ3v) is 5.43. The fraction of sp³-hybridized carbons (Fsp3) is 0.250. The zero-order chi connectivity index (χ0) is 19.4. The van der Waals surface area contributed by atoms with E-state index < -0.39 is 6.09 Å². The smallest absolute Gasteiger partial charge is 0.411 e. The molecule has 6 nitrogen and oxygen atoms in total. The summed E-state index contributed by atoms with van der Waals surface area (Å²) in [6.07, 6.45) is -0.516. The van der Waals surface area contributed by atoms with Crippen molar-refractivity contribution >= 4 is 39.2 Å².